The Morgan fingerprint density at radius 1 is 1.43 bits per heavy atom. The standard InChI is InChI=1S/C4H10O2S/c1-4(2,3)7-6-5/h5H,1-3H3. The summed E-state index contributed by atoms with van der Waals surface area (Å²) < 4.78 is 3.82. The van der Waals surface area contributed by atoms with E-state index in [-0.39, 0.29) is 4.75 Å². The van der Waals surface area contributed by atoms with Gasteiger partial charge in [-0.3, -0.25) is 0 Å². The highest BCUT2D eigenvalue weighted by Crippen LogP contribution is 2.22. The van der Waals surface area contributed by atoms with Crippen LogP contribution in [0.4, 0.5) is 0 Å². The largest absolute Gasteiger partial charge is 0.239 e. The molecule has 0 rings (SSSR count). The van der Waals surface area contributed by atoms with E-state index in [0.29, 0.717) is 0 Å². The zero-order valence-corrected chi connectivity index (χ0v) is 5.58. The van der Waals surface area contributed by atoms with Gasteiger partial charge in [-0.25, -0.2) is 5.26 Å². The van der Waals surface area contributed by atoms with E-state index < -0.39 is 0 Å². The van der Waals surface area contributed by atoms with Gasteiger partial charge in [0.1, 0.15) is 0 Å². The maximum Gasteiger partial charge on any atom is 0.0371 e. The van der Waals surface area contributed by atoms with Crippen LogP contribution >= 0.6 is 12.0 Å². The van der Waals surface area contributed by atoms with E-state index in [4.69, 9.17) is 5.26 Å². The summed E-state index contributed by atoms with van der Waals surface area (Å²) in [7, 11) is 0. The highest BCUT2D eigenvalue weighted by atomic mass is 32.2. The minimum absolute atomic E-state index is 0.00521. The van der Waals surface area contributed by atoms with Gasteiger partial charge in [0.15, 0.2) is 0 Å². The molecular weight excluding hydrogens is 112 g/mol. The average Bonchev–Trinajstić information content (AvgIpc) is 1.30. The van der Waals surface area contributed by atoms with Gasteiger partial charge in [0.2, 0.25) is 0 Å². The van der Waals surface area contributed by atoms with Crippen LogP contribution in [0.3, 0.4) is 0 Å². The molecule has 0 heterocycles. The van der Waals surface area contributed by atoms with Crippen molar-refractivity contribution >= 4 is 12.0 Å². The lowest BCUT2D eigenvalue weighted by atomic mass is 10.3. The van der Waals surface area contributed by atoms with Crippen LogP contribution in [0, 0.1) is 0 Å². The molecule has 7 heavy (non-hydrogen) atoms. The smallest absolute Gasteiger partial charge is 0.0371 e. The summed E-state index contributed by atoms with van der Waals surface area (Å²) in [6, 6.07) is 0. The molecule has 0 fully saturated rings. The summed E-state index contributed by atoms with van der Waals surface area (Å²) in [6.07, 6.45) is 0. The van der Waals surface area contributed by atoms with Crippen LogP contribution in [0.5, 0.6) is 0 Å². The molecule has 0 atom stereocenters. The fraction of sp³-hybridized carbons (Fsp3) is 1.00. The van der Waals surface area contributed by atoms with Crippen molar-refractivity contribution in [3.05, 3.63) is 0 Å². The molecule has 3 heteroatoms. The van der Waals surface area contributed by atoms with E-state index in [1.807, 2.05) is 20.8 Å². The maximum atomic E-state index is 7.86. The van der Waals surface area contributed by atoms with Crippen LogP contribution in [0.15, 0.2) is 0 Å². The average molecular weight is 122 g/mol. The van der Waals surface area contributed by atoms with Crippen LogP contribution in [0.1, 0.15) is 20.8 Å². The van der Waals surface area contributed by atoms with Gasteiger partial charge in [-0.1, -0.05) is 0 Å². The van der Waals surface area contributed by atoms with Gasteiger partial charge in [-0.15, -0.1) is 0 Å². The molecule has 2 nitrogen and oxygen atoms in total. The second-order valence-corrected chi connectivity index (χ2v) is 3.81. The highest BCUT2D eigenvalue weighted by Gasteiger charge is 2.10. The van der Waals surface area contributed by atoms with E-state index in [2.05, 4.69) is 4.33 Å². The molecule has 44 valence electrons. The van der Waals surface area contributed by atoms with E-state index in [1.165, 1.54) is 0 Å². The summed E-state index contributed by atoms with van der Waals surface area (Å²) in [6.45, 7) is 5.86. The first-order chi connectivity index (χ1) is 3.06. The third-order valence-corrected chi connectivity index (χ3v) is 0.862. The Labute approximate surface area is 48.0 Å². The van der Waals surface area contributed by atoms with Crippen molar-refractivity contribution in [1.29, 1.82) is 0 Å². The van der Waals surface area contributed by atoms with Crippen LogP contribution < -0.4 is 0 Å². The van der Waals surface area contributed by atoms with Crippen molar-refractivity contribution in [3.63, 3.8) is 0 Å². The first-order valence-corrected chi connectivity index (χ1v) is 2.79. The minimum Gasteiger partial charge on any atom is -0.239 e. The molecular formula is C4H10O2S. The van der Waals surface area contributed by atoms with Gasteiger partial charge >= 0.3 is 0 Å². The molecule has 0 bridgehead atoms. The molecule has 0 saturated carbocycles. The summed E-state index contributed by atoms with van der Waals surface area (Å²) in [5.74, 6) is 0. The maximum absolute atomic E-state index is 7.86. The van der Waals surface area contributed by atoms with E-state index >= 15 is 0 Å². The van der Waals surface area contributed by atoms with Crippen LogP contribution in [0.2, 0.25) is 0 Å². The summed E-state index contributed by atoms with van der Waals surface area (Å²) in [5, 5.41) is 7.86. The van der Waals surface area contributed by atoms with Crippen molar-refractivity contribution in [2.45, 2.75) is 25.5 Å². The zero-order chi connectivity index (χ0) is 5.91. The Kier molecular flexibility index (Phi) is 2.64. The second-order valence-electron chi connectivity index (χ2n) is 2.27. The first kappa shape index (κ1) is 7.27. The second kappa shape index (κ2) is 2.55. The molecule has 0 amide bonds. The Hall–Kier alpha value is 0.270. The molecule has 0 radical (unpaired) electrons. The molecule has 0 aliphatic carbocycles. The Bertz CT molecular complexity index is 48.1. The molecule has 0 saturated heterocycles. The van der Waals surface area contributed by atoms with Gasteiger partial charge in [-0.2, -0.15) is 4.33 Å². The molecule has 0 aliphatic rings. The van der Waals surface area contributed by atoms with Crippen molar-refractivity contribution in [2.75, 3.05) is 0 Å². The molecule has 0 spiro atoms. The van der Waals surface area contributed by atoms with Gasteiger partial charge in [0.05, 0.1) is 0 Å². The van der Waals surface area contributed by atoms with Gasteiger partial charge in [-0.05, 0) is 20.8 Å². The van der Waals surface area contributed by atoms with Crippen molar-refractivity contribution in [2.24, 2.45) is 0 Å². The quantitative estimate of drug-likeness (QED) is 0.327. The molecule has 0 aromatic heterocycles. The fourth-order valence-electron chi connectivity index (χ4n) is 0.112. The summed E-state index contributed by atoms with van der Waals surface area (Å²) in [4.78, 5) is 0. The summed E-state index contributed by atoms with van der Waals surface area (Å²) >= 11 is 1.04. The Morgan fingerprint density at radius 3 is 1.86 bits per heavy atom. The van der Waals surface area contributed by atoms with E-state index in [9.17, 15) is 0 Å². The topological polar surface area (TPSA) is 29.5 Å². The van der Waals surface area contributed by atoms with Crippen molar-refractivity contribution in [1.82, 2.24) is 0 Å². The minimum atomic E-state index is -0.00521. The fourth-order valence-corrected chi connectivity index (χ4v) is 0.335. The molecule has 0 unspecified atom stereocenters. The third-order valence-electron chi connectivity index (χ3n) is 0.287. The predicted octanol–water partition coefficient (Wildman–Crippen LogP) is 1.92. The van der Waals surface area contributed by atoms with Crippen LogP contribution in [0.25, 0.3) is 0 Å². The molecule has 1 N–H and O–H groups in total. The predicted molar refractivity (Wildman–Crippen MR) is 31.1 cm³/mol. The molecule has 0 aromatic carbocycles. The van der Waals surface area contributed by atoms with Crippen molar-refractivity contribution < 1.29 is 9.59 Å². The zero-order valence-electron chi connectivity index (χ0n) is 4.76. The van der Waals surface area contributed by atoms with E-state index in [0.717, 1.165) is 12.0 Å². The van der Waals surface area contributed by atoms with Crippen LogP contribution in [-0.4, -0.2) is 10.0 Å². The third kappa shape index (κ3) is 6.27. The van der Waals surface area contributed by atoms with Crippen LogP contribution in [-0.2, 0) is 4.33 Å². The van der Waals surface area contributed by atoms with Gasteiger partial charge < -0.3 is 0 Å². The lowest BCUT2D eigenvalue weighted by molar-refractivity contribution is -0.117. The van der Waals surface area contributed by atoms with Gasteiger partial charge in [0, 0.05) is 16.8 Å². The number of rotatable bonds is 1. The monoisotopic (exact) mass is 122 g/mol. The number of hydrogen-bond acceptors (Lipinski definition) is 3. The number of hydrogen-bond donors (Lipinski definition) is 1. The molecule has 0 aliphatic heterocycles. The Morgan fingerprint density at radius 2 is 1.86 bits per heavy atom. The van der Waals surface area contributed by atoms with Crippen molar-refractivity contribution in [3.8, 4) is 0 Å². The lowest BCUT2D eigenvalue weighted by Gasteiger charge is -2.11. The highest BCUT2D eigenvalue weighted by molar-refractivity contribution is 7.95. The molecule has 0 aromatic rings. The van der Waals surface area contributed by atoms with E-state index in [1.54, 1.807) is 0 Å². The lowest BCUT2D eigenvalue weighted by Crippen LogP contribution is -2.06. The normalized spacial score (nSPS) is 12.0. The SMILES string of the molecule is CC(C)(C)SOO. The van der Waals surface area contributed by atoms with Gasteiger partial charge in [0.25, 0.3) is 0 Å². The Balaban J connectivity index is 3.15. The first-order valence-electron chi connectivity index (χ1n) is 2.05. The summed E-state index contributed by atoms with van der Waals surface area (Å²) in [5.41, 5.74) is 0.